The van der Waals surface area contributed by atoms with Gasteiger partial charge in [-0.3, -0.25) is 9.59 Å². The summed E-state index contributed by atoms with van der Waals surface area (Å²) in [4.78, 5) is 22.9. The first kappa shape index (κ1) is 17.0. The molecule has 0 spiro atoms. The van der Waals surface area contributed by atoms with Crippen molar-refractivity contribution < 1.29 is 18.7 Å². The molecule has 2 N–H and O–H groups in total. The van der Waals surface area contributed by atoms with Gasteiger partial charge >= 0.3 is 0 Å². The summed E-state index contributed by atoms with van der Waals surface area (Å²) in [6.45, 7) is 4.15. The molecule has 0 saturated carbocycles. The van der Waals surface area contributed by atoms with Gasteiger partial charge in [0.2, 0.25) is 11.8 Å². The fourth-order valence-corrected chi connectivity index (χ4v) is 1.54. The number of hydrogen-bond donors (Lipinski definition) is 2. The molecule has 2 amide bonds. The average Bonchev–Trinajstić information content (AvgIpc) is 2.98. The number of rotatable bonds is 10. The van der Waals surface area contributed by atoms with E-state index in [2.05, 4.69) is 10.6 Å². The highest BCUT2D eigenvalue weighted by molar-refractivity contribution is 5.91. The number of nitrogens with one attached hydrogen (secondary N) is 2. The summed E-state index contributed by atoms with van der Waals surface area (Å²) in [5.74, 6) is 0.273. The van der Waals surface area contributed by atoms with Gasteiger partial charge in [-0.1, -0.05) is 0 Å². The van der Waals surface area contributed by atoms with E-state index in [1.54, 1.807) is 18.2 Å². The molecule has 0 unspecified atom stereocenters. The number of furan rings is 1. The Labute approximate surface area is 124 Å². The molecular weight excluding hydrogens is 272 g/mol. The molecule has 0 aliphatic rings. The van der Waals surface area contributed by atoms with Crippen molar-refractivity contribution in [3.63, 3.8) is 0 Å². The normalized spacial score (nSPS) is 10.7. The first-order chi connectivity index (χ1) is 10.2. The molecule has 0 radical (unpaired) electrons. The lowest BCUT2D eigenvalue weighted by atomic mass is 10.3. The predicted octanol–water partition coefficient (Wildman–Crippen LogP) is 1.34. The third-order valence-electron chi connectivity index (χ3n) is 2.59. The van der Waals surface area contributed by atoms with Gasteiger partial charge in [-0.15, -0.1) is 0 Å². The first-order valence-electron chi connectivity index (χ1n) is 7.06. The minimum Gasteiger partial charge on any atom is -0.465 e. The standard InChI is InChI=1S/C15H22N2O4/c1-2-20-11-4-9-16-15(19)8-10-17-14(18)7-6-13-5-3-12-21-13/h3,5-7,12H,2,4,8-11H2,1H3,(H,16,19)(H,17,18)/b7-6+. The lowest BCUT2D eigenvalue weighted by Crippen LogP contribution is -2.30. The van der Waals surface area contributed by atoms with Crippen molar-refractivity contribution in [2.75, 3.05) is 26.3 Å². The van der Waals surface area contributed by atoms with Crippen LogP contribution >= 0.6 is 0 Å². The smallest absolute Gasteiger partial charge is 0.244 e. The zero-order valence-electron chi connectivity index (χ0n) is 12.3. The third-order valence-corrected chi connectivity index (χ3v) is 2.59. The molecule has 0 saturated heterocycles. The number of ether oxygens (including phenoxy) is 1. The molecule has 21 heavy (non-hydrogen) atoms. The van der Waals surface area contributed by atoms with Gasteiger partial charge < -0.3 is 19.8 Å². The highest BCUT2D eigenvalue weighted by atomic mass is 16.5. The van der Waals surface area contributed by atoms with Crippen molar-refractivity contribution in [3.8, 4) is 0 Å². The number of hydrogen-bond acceptors (Lipinski definition) is 4. The summed E-state index contributed by atoms with van der Waals surface area (Å²) in [5.41, 5.74) is 0. The molecule has 116 valence electrons. The molecule has 6 heteroatoms. The molecule has 1 aromatic heterocycles. The summed E-state index contributed by atoms with van der Waals surface area (Å²) in [7, 11) is 0. The molecule has 0 aromatic carbocycles. The Bertz CT molecular complexity index is 441. The van der Waals surface area contributed by atoms with E-state index in [9.17, 15) is 9.59 Å². The van der Waals surface area contributed by atoms with Crippen LogP contribution in [0.2, 0.25) is 0 Å². The van der Waals surface area contributed by atoms with Crippen molar-refractivity contribution in [1.82, 2.24) is 10.6 Å². The van der Waals surface area contributed by atoms with E-state index in [1.807, 2.05) is 6.92 Å². The Morgan fingerprint density at radius 2 is 2.19 bits per heavy atom. The van der Waals surface area contributed by atoms with E-state index < -0.39 is 0 Å². The monoisotopic (exact) mass is 294 g/mol. The number of carbonyl (C=O) groups excluding carboxylic acids is 2. The van der Waals surface area contributed by atoms with Crippen LogP contribution in [0.15, 0.2) is 28.9 Å². The van der Waals surface area contributed by atoms with E-state index in [4.69, 9.17) is 9.15 Å². The predicted molar refractivity (Wildman–Crippen MR) is 79.5 cm³/mol. The summed E-state index contributed by atoms with van der Waals surface area (Å²) >= 11 is 0. The van der Waals surface area contributed by atoms with E-state index in [0.717, 1.165) is 6.42 Å². The van der Waals surface area contributed by atoms with Crippen LogP contribution in [0.25, 0.3) is 6.08 Å². The van der Waals surface area contributed by atoms with Gasteiger partial charge in [0.1, 0.15) is 5.76 Å². The second kappa shape index (κ2) is 10.7. The van der Waals surface area contributed by atoms with Crippen molar-refractivity contribution in [2.24, 2.45) is 0 Å². The van der Waals surface area contributed by atoms with Gasteiger partial charge in [0.25, 0.3) is 0 Å². The van der Waals surface area contributed by atoms with Gasteiger partial charge in [-0.25, -0.2) is 0 Å². The summed E-state index contributed by atoms with van der Waals surface area (Å²) in [6.07, 6.45) is 5.53. The first-order valence-corrected chi connectivity index (χ1v) is 7.06. The lowest BCUT2D eigenvalue weighted by molar-refractivity contribution is -0.121. The molecule has 1 aromatic rings. The van der Waals surface area contributed by atoms with Gasteiger partial charge in [-0.05, 0) is 31.6 Å². The SMILES string of the molecule is CCOCCCNC(=O)CCNC(=O)/C=C/c1ccco1. The molecule has 0 atom stereocenters. The quantitative estimate of drug-likeness (QED) is 0.504. The molecule has 0 aliphatic carbocycles. The van der Waals surface area contributed by atoms with Crippen molar-refractivity contribution in [3.05, 3.63) is 30.2 Å². The van der Waals surface area contributed by atoms with Crippen LogP contribution < -0.4 is 10.6 Å². The maximum absolute atomic E-state index is 11.5. The minimum absolute atomic E-state index is 0.0817. The summed E-state index contributed by atoms with van der Waals surface area (Å²) in [5, 5.41) is 5.40. The summed E-state index contributed by atoms with van der Waals surface area (Å²) in [6, 6.07) is 3.49. The average molecular weight is 294 g/mol. The van der Waals surface area contributed by atoms with E-state index >= 15 is 0 Å². The van der Waals surface area contributed by atoms with Crippen LogP contribution in [-0.2, 0) is 14.3 Å². The number of carbonyl (C=O) groups is 2. The number of amides is 2. The zero-order chi connectivity index (χ0) is 15.3. The third kappa shape index (κ3) is 8.65. The van der Waals surface area contributed by atoms with Crippen molar-refractivity contribution in [1.29, 1.82) is 0 Å². The van der Waals surface area contributed by atoms with E-state index in [0.29, 0.717) is 32.1 Å². The molecule has 1 rings (SSSR count). The van der Waals surface area contributed by atoms with Crippen LogP contribution in [0, 0.1) is 0 Å². The fraction of sp³-hybridized carbons (Fsp3) is 0.467. The Morgan fingerprint density at radius 3 is 2.90 bits per heavy atom. The highest BCUT2D eigenvalue weighted by Crippen LogP contribution is 2.01. The molecule has 0 bridgehead atoms. The van der Waals surface area contributed by atoms with Crippen molar-refractivity contribution >= 4 is 17.9 Å². The van der Waals surface area contributed by atoms with Crippen LogP contribution in [0.5, 0.6) is 0 Å². The largest absolute Gasteiger partial charge is 0.465 e. The Hall–Kier alpha value is -2.08. The second-order valence-corrected chi connectivity index (χ2v) is 4.29. The molecular formula is C15H22N2O4. The van der Waals surface area contributed by atoms with E-state index in [1.165, 1.54) is 12.3 Å². The van der Waals surface area contributed by atoms with Crippen LogP contribution in [0.4, 0.5) is 0 Å². The van der Waals surface area contributed by atoms with Gasteiger partial charge in [-0.2, -0.15) is 0 Å². The molecule has 0 fully saturated rings. The van der Waals surface area contributed by atoms with Gasteiger partial charge in [0.05, 0.1) is 6.26 Å². The topological polar surface area (TPSA) is 80.6 Å². The van der Waals surface area contributed by atoms with E-state index in [-0.39, 0.29) is 18.2 Å². The maximum atomic E-state index is 11.5. The zero-order valence-corrected chi connectivity index (χ0v) is 12.3. The van der Waals surface area contributed by atoms with Crippen LogP contribution in [-0.4, -0.2) is 38.1 Å². The van der Waals surface area contributed by atoms with Crippen molar-refractivity contribution in [2.45, 2.75) is 19.8 Å². The Balaban J connectivity index is 2.04. The Kier molecular flexibility index (Phi) is 8.63. The summed E-state index contributed by atoms with van der Waals surface area (Å²) < 4.78 is 10.2. The molecule has 0 aliphatic heterocycles. The van der Waals surface area contributed by atoms with Crippen LogP contribution in [0.1, 0.15) is 25.5 Å². The fourth-order valence-electron chi connectivity index (χ4n) is 1.54. The second-order valence-electron chi connectivity index (χ2n) is 4.29. The maximum Gasteiger partial charge on any atom is 0.244 e. The molecule has 1 heterocycles. The highest BCUT2D eigenvalue weighted by Gasteiger charge is 2.01. The Morgan fingerprint density at radius 1 is 1.33 bits per heavy atom. The van der Waals surface area contributed by atoms with Crippen LogP contribution in [0.3, 0.4) is 0 Å². The lowest BCUT2D eigenvalue weighted by Gasteiger charge is -2.05. The minimum atomic E-state index is -0.254. The van der Waals surface area contributed by atoms with Gasteiger partial charge in [0.15, 0.2) is 0 Å². The van der Waals surface area contributed by atoms with Gasteiger partial charge in [0, 0.05) is 38.8 Å². The molecule has 6 nitrogen and oxygen atoms in total.